The number of aliphatic hydroxyl groups is 1. The van der Waals surface area contributed by atoms with E-state index in [4.69, 9.17) is 176 Å². The van der Waals surface area contributed by atoms with Crippen LogP contribution in [-0.4, -0.2) is 481 Å². The average molecular weight is 1690 g/mol. The second-order valence-corrected chi connectivity index (χ2v) is 23.7. The largest absolute Gasteiger partial charge is 0.394 e. The van der Waals surface area contributed by atoms with Gasteiger partial charge in [-0.2, -0.15) is 0 Å². The number of ether oxygens (including phenoxy) is 36. The number of benzene rings is 1. The minimum absolute atomic E-state index is 0.0153. The first kappa shape index (κ1) is 112. The van der Waals surface area contributed by atoms with Crippen molar-refractivity contribution in [2.75, 3.05) is 476 Å². The predicted molar refractivity (Wildman–Crippen MR) is 422 cm³/mol. The van der Waals surface area contributed by atoms with Crippen molar-refractivity contribution in [2.45, 2.75) is 6.61 Å². The maximum Gasteiger partial charge on any atom is 0.0718 e. The van der Waals surface area contributed by atoms with Crippen LogP contribution in [0.15, 0.2) is 30.3 Å². The van der Waals surface area contributed by atoms with Crippen LogP contribution in [0.3, 0.4) is 0 Å². The molecule has 0 bridgehead atoms. The molecule has 1 aromatic rings. The fraction of sp³-hybridized carbons (Fsp3) is 0.924. The second-order valence-electron chi connectivity index (χ2n) is 23.7. The molecule has 0 aliphatic carbocycles. The first-order valence-corrected chi connectivity index (χ1v) is 41.4. The quantitative estimate of drug-likeness (QED) is 0.0908. The molecule has 1 N–H and O–H groups in total. The zero-order valence-electron chi connectivity index (χ0n) is 70.1. The molecular weight excluding hydrogens is 1540 g/mol. The molecule has 0 spiro atoms. The second kappa shape index (κ2) is 107. The molecule has 0 amide bonds. The molecule has 116 heavy (non-hydrogen) atoms. The summed E-state index contributed by atoms with van der Waals surface area (Å²) in [6, 6.07) is 10.1. The Balaban J connectivity index is 1.58. The molecule has 0 aliphatic rings. The first-order valence-electron chi connectivity index (χ1n) is 41.4. The van der Waals surface area contributed by atoms with Gasteiger partial charge in [-0.25, -0.2) is 0 Å². The third-order valence-corrected chi connectivity index (χ3v) is 14.4. The molecule has 0 fully saturated rings. The molecule has 0 saturated heterocycles. The minimum Gasteiger partial charge on any atom is -0.394 e. The van der Waals surface area contributed by atoms with E-state index in [1.54, 1.807) is 0 Å². The first-order chi connectivity index (χ1) is 57.9. The molecular formula is C79H152O37. The van der Waals surface area contributed by atoms with Crippen LogP contribution < -0.4 is 0 Å². The Morgan fingerprint density at radius 1 is 0.112 bits per heavy atom. The van der Waals surface area contributed by atoms with E-state index in [1.165, 1.54) is 0 Å². The van der Waals surface area contributed by atoms with Crippen molar-refractivity contribution in [3.8, 4) is 0 Å². The molecule has 690 valence electrons. The van der Waals surface area contributed by atoms with Gasteiger partial charge in [0.25, 0.3) is 0 Å². The van der Waals surface area contributed by atoms with Gasteiger partial charge in [0, 0.05) is 0 Å². The molecule has 0 heterocycles. The number of rotatable bonds is 109. The highest BCUT2D eigenvalue weighted by molar-refractivity contribution is 5.13. The highest BCUT2D eigenvalue weighted by atomic mass is 16.6. The zero-order valence-corrected chi connectivity index (χ0v) is 70.1. The van der Waals surface area contributed by atoms with Crippen molar-refractivity contribution in [1.82, 2.24) is 0 Å². The van der Waals surface area contributed by atoms with E-state index in [9.17, 15) is 0 Å². The van der Waals surface area contributed by atoms with Gasteiger partial charge < -0.3 is 176 Å². The molecule has 0 radical (unpaired) electrons. The highest BCUT2D eigenvalue weighted by Gasteiger charge is 2.04. The van der Waals surface area contributed by atoms with Crippen molar-refractivity contribution < 1.29 is 176 Å². The summed E-state index contributed by atoms with van der Waals surface area (Å²) in [6.07, 6.45) is 0. The van der Waals surface area contributed by atoms with Gasteiger partial charge in [-0.05, 0) is 5.56 Å². The lowest BCUT2D eigenvalue weighted by Gasteiger charge is -2.09. The Morgan fingerprint density at radius 3 is 0.293 bits per heavy atom. The lowest BCUT2D eigenvalue weighted by molar-refractivity contribution is -0.0327. The Bertz CT molecular complexity index is 1830. The van der Waals surface area contributed by atoms with Crippen LogP contribution >= 0.6 is 0 Å². The van der Waals surface area contributed by atoms with E-state index in [0.717, 1.165) is 5.56 Å². The molecule has 0 aliphatic heterocycles. The van der Waals surface area contributed by atoms with Crippen molar-refractivity contribution in [3.63, 3.8) is 0 Å². The lowest BCUT2D eigenvalue weighted by Crippen LogP contribution is -2.16. The molecule has 37 heteroatoms. The predicted octanol–water partition coefficient (Wildman–Crippen LogP) is 1.78. The van der Waals surface area contributed by atoms with Crippen LogP contribution in [0, 0.1) is 0 Å². The maximum atomic E-state index is 8.63. The highest BCUT2D eigenvalue weighted by Crippen LogP contribution is 2.01. The van der Waals surface area contributed by atoms with Gasteiger partial charge in [0.1, 0.15) is 0 Å². The summed E-state index contributed by atoms with van der Waals surface area (Å²) in [4.78, 5) is 0. The van der Waals surface area contributed by atoms with Crippen molar-refractivity contribution in [2.24, 2.45) is 0 Å². The smallest absolute Gasteiger partial charge is 0.0718 e. The monoisotopic (exact) mass is 1690 g/mol. The number of hydrogen-bond donors (Lipinski definition) is 1. The van der Waals surface area contributed by atoms with Crippen LogP contribution in [-0.2, 0) is 177 Å². The van der Waals surface area contributed by atoms with Crippen LogP contribution in [0.25, 0.3) is 0 Å². The Labute approximate surface area is 691 Å². The molecule has 37 nitrogen and oxygen atoms in total. The summed E-state index contributed by atoms with van der Waals surface area (Å²) in [5, 5.41) is 8.63. The number of aliphatic hydroxyl groups excluding tert-OH is 1. The minimum atomic E-state index is 0.0153. The Hall–Kier alpha value is -2.26. The normalized spacial score (nSPS) is 11.8. The van der Waals surface area contributed by atoms with Crippen LogP contribution in [0.4, 0.5) is 0 Å². The fourth-order valence-electron chi connectivity index (χ4n) is 8.53. The SMILES string of the molecule is OCCOCCOCCOCCOCCOCCOCCOCCOCCOCCOCCOCCOCCOCCOCCOCCOCCOCCOCCOCCOCCOCCOCCOCCOCCOCCOCCOCCOCCOCCOCCOCCOCCOCCOCCOCCOCc1ccccc1. The summed E-state index contributed by atoms with van der Waals surface area (Å²) in [5.41, 5.74) is 1.15. The summed E-state index contributed by atoms with van der Waals surface area (Å²) < 4.78 is 198. The maximum absolute atomic E-state index is 8.63. The summed E-state index contributed by atoms with van der Waals surface area (Å²) >= 11 is 0. The van der Waals surface area contributed by atoms with Crippen LogP contribution in [0.5, 0.6) is 0 Å². The van der Waals surface area contributed by atoms with E-state index in [2.05, 4.69) is 0 Å². The molecule has 1 rings (SSSR count). The van der Waals surface area contributed by atoms with Crippen molar-refractivity contribution >= 4 is 0 Å². The van der Waals surface area contributed by atoms with Gasteiger partial charge in [-0.15, -0.1) is 0 Å². The summed E-state index contributed by atoms with van der Waals surface area (Å²) in [6.45, 7) is 34.9. The van der Waals surface area contributed by atoms with Crippen LogP contribution in [0.2, 0.25) is 0 Å². The average Bonchev–Trinajstić information content (AvgIpc) is 0.969. The fourth-order valence-corrected chi connectivity index (χ4v) is 8.53. The molecule has 1 aromatic carbocycles. The van der Waals surface area contributed by atoms with E-state index >= 15 is 0 Å². The zero-order chi connectivity index (χ0) is 82.2. The van der Waals surface area contributed by atoms with Crippen molar-refractivity contribution in [3.05, 3.63) is 35.9 Å². The van der Waals surface area contributed by atoms with Gasteiger partial charge in [-0.3, -0.25) is 0 Å². The standard InChI is InChI=1S/C79H152O37/c80-6-7-81-8-9-82-10-11-83-12-13-84-14-15-85-16-17-86-18-19-87-20-21-88-22-23-89-24-25-90-26-27-91-28-29-92-30-31-93-32-33-94-34-35-95-36-37-96-38-39-97-40-41-98-42-43-99-44-45-100-46-47-101-48-49-102-50-51-103-52-53-104-54-55-105-56-57-106-58-59-107-60-61-108-62-63-109-64-65-110-66-67-111-68-69-112-70-71-113-72-73-114-74-75-115-76-77-116-78-79-4-2-1-3-5-79/h1-5,80H,6-78H2. The van der Waals surface area contributed by atoms with Gasteiger partial charge in [0.15, 0.2) is 0 Å². The van der Waals surface area contributed by atoms with Crippen molar-refractivity contribution in [1.29, 1.82) is 0 Å². The lowest BCUT2D eigenvalue weighted by atomic mass is 10.2. The van der Waals surface area contributed by atoms with Gasteiger partial charge in [0.05, 0.1) is 482 Å². The van der Waals surface area contributed by atoms with Gasteiger partial charge in [0.2, 0.25) is 0 Å². The van der Waals surface area contributed by atoms with Crippen LogP contribution in [0.1, 0.15) is 5.56 Å². The molecule has 0 unspecified atom stereocenters. The van der Waals surface area contributed by atoms with E-state index < -0.39 is 0 Å². The van der Waals surface area contributed by atoms with E-state index in [1.807, 2.05) is 30.3 Å². The Morgan fingerprint density at radius 2 is 0.198 bits per heavy atom. The molecule has 0 saturated carbocycles. The van der Waals surface area contributed by atoms with E-state index in [-0.39, 0.29) is 6.61 Å². The van der Waals surface area contributed by atoms with Gasteiger partial charge in [-0.1, -0.05) is 30.3 Å². The molecule has 0 atom stereocenters. The topological polar surface area (TPSA) is 353 Å². The number of hydrogen-bond acceptors (Lipinski definition) is 37. The third kappa shape index (κ3) is 102. The van der Waals surface area contributed by atoms with E-state index in [0.29, 0.717) is 476 Å². The summed E-state index contributed by atoms with van der Waals surface area (Å²) in [5.74, 6) is 0. The van der Waals surface area contributed by atoms with Gasteiger partial charge >= 0.3 is 0 Å². The Kier molecular flexibility index (Phi) is 103. The third-order valence-electron chi connectivity index (χ3n) is 14.4. The molecule has 0 aromatic heterocycles. The summed E-state index contributed by atoms with van der Waals surface area (Å²) in [7, 11) is 0.